The van der Waals surface area contributed by atoms with Crippen LogP contribution in [0, 0.1) is 0 Å². The van der Waals surface area contributed by atoms with Gasteiger partial charge in [-0.1, -0.05) is 6.07 Å². The Kier molecular flexibility index (Phi) is 4.25. The van der Waals surface area contributed by atoms with Crippen LogP contribution in [0.2, 0.25) is 0 Å². The summed E-state index contributed by atoms with van der Waals surface area (Å²) in [5.74, 6) is -0.172. The number of ether oxygens (including phenoxy) is 1. The maximum atomic E-state index is 11.7. The van der Waals surface area contributed by atoms with Crippen molar-refractivity contribution in [1.29, 1.82) is 0 Å². The Bertz CT molecular complexity index is 497. The molecule has 0 fully saturated rings. The van der Waals surface area contributed by atoms with Gasteiger partial charge in [-0.25, -0.2) is 9.97 Å². The minimum absolute atomic E-state index is 0.172. The van der Waals surface area contributed by atoms with E-state index < -0.39 is 0 Å². The molecule has 2 rings (SSSR count). The lowest BCUT2D eigenvalue weighted by Gasteiger charge is -2.04. The fourth-order valence-electron chi connectivity index (χ4n) is 1.39. The summed E-state index contributed by atoms with van der Waals surface area (Å²) in [6.45, 7) is 0.603. The van der Waals surface area contributed by atoms with Gasteiger partial charge in [-0.15, -0.1) is 11.3 Å². The molecule has 5 nitrogen and oxygen atoms in total. The molecule has 0 radical (unpaired) electrons. The van der Waals surface area contributed by atoms with Crippen molar-refractivity contribution >= 4 is 17.2 Å². The number of aromatic nitrogens is 2. The van der Waals surface area contributed by atoms with E-state index in [-0.39, 0.29) is 11.9 Å². The Labute approximate surface area is 109 Å². The number of carbonyl (C=O) groups excluding carboxylic acids is 1. The molecule has 0 bridgehead atoms. The van der Waals surface area contributed by atoms with Crippen LogP contribution in [0.1, 0.15) is 15.2 Å². The van der Waals surface area contributed by atoms with Gasteiger partial charge in [0.2, 0.25) is 0 Å². The van der Waals surface area contributed by atoms with Crippen molar-refractivity contribution in [1.82, 2.24) is 15.3 Å². The molecule has 0 aliphatic heterocycles. The molecule has 0 unspecified atom stereocenters. The standard InChI is InChI=1S/C12H13N3O2S/c1-17-12-14-7-9(8-15-12)11(16)13-5-4-10-3-2-6-18-10/h2-3,6-8H,4-5H2,1H3,(H,13,16). The summed E-state index contributed by atoms with van der Waals surface area (Å²) in [5, 5.41) is 4.84. The van der Waals surface area contributed by atoms with Gasteiger partial charge in [0, 0.05) is 23.8 Å². The highest BCUT2D eigenvalue weighted by Gasteiger charge is 2.06. The van der Waals surface area contributed by atoms with Gasteiger partial charge in [-0.2, -0.15) is 0 Å². The number of nitrogens with zero attached hydrogens (tertiary/aromatic N) is 2. The van der Waals surface area contributed by atoms with Crippen LogP contribution in [0.5, 0.6) is 6.01 Å². The molecular weight excluding hydrogens is 250 g/mol. The van der Waals surface area contributed by atoms with Crippen molar-refractivity contribution < 1.29 is 9.53 Å². The van der Waals surface area contributed by atoms with Gasteiger partial charge in [0.15, 0.2) is 0 Å². The minimum atomic E-state index is -0.172. The Morgan fingerprint density at radius 3 is 2.83 bits per heavy atom. The predicted molar refractivity (Wildman–Crippen MR) is 68.9 cm³/mol. The maximum absolute atomic E-state index is 11.7. The first-order chi connectivity index (χ1) is 8.79. The van der Waals surface area contributed by atoms with E-state index in [1.807, 2.05) is 17.5 Å². The minimum Gasteiger partial charge on any atom is -0.467 e. The smallest absolute Gasteiger partial charge is 0.316 e. The third-order valence-corrected chi connectivity index (χ3v) is 3.25. The number of thiophene rings is 1. The Balaban J connectivity index is 1.83. The van der Waals surface area contributed by atoms with Crippen LogP contribution in [0.3, 0.4) is 0 Å². The van der Waals surface area contributed by atoms with Crippen LogP contribution in [-0.4, -0.2) is 29.5 Å². The van der Waals surface area contributed by atoms with Gasteiger partial charge in [0.1, 0.15) is 0 Å². The highest BCUT2D eigenvalue weighted by molar-refractivity contribution is 7.09. The Morgan fingerprint density at radius 1 is 1.44 bits per heavy atom. The van der Waals surface area contributed by atoms with E-state index in [1.54, 1.807) is 11.3 Å². The number of methoxy groups -OCH3 is 1. The summed E-state index contributed by atoms with van der Waals surface area (Å²) in [4.78, 5) is 20.8. The Morgan fingerprint density at radius 2 is 2.22 bits per heavy atom. The van der Waals surface area contributed by atoms with Crippen LogP contribution < -0.4 is 10.1 Å². The molecule has 0 spiro atoms. The molecule has 2 heterocycles. The molecule has 6 heteroatoms. The molecular formula is C12H13N3O2S. The third kappa shape index (κ3) is 3.27. The monoisotopic (exact) mass is 263 g/mol. The summed E-state index contributed by atoms with van der Waals surface area (Å²) in [6, 6.07) is 4.30. The highest BCUT2D eigenvalue weighted by Crippen LogP contribution is 2.08. The van der Waals surface area contributed by atoms with Crippen LogP contribution in [0.25, 0.3) is 0 Å². The lowest BCUT2D eigenvalue weighted by Crippen LogP contribution is -2.25. The van der Waals surface area contributed by atoms with E-state index >= 15 is 0 Å². The van der Waals surface area contributed by atoms with Crippen LogP contribution in [-0.2, 0) is 6.42 Å². The van der Waals surface area contributed by atoms with Crippen molar-refractivity contribution in [2.24, 2.45) is 0 Å². The van der Waals surface area contributed by atoms with Gasteiger partial charge < -0.3 is 10.1 Å². The lowest BCUT2D eigenvalue weighted by atomic mass is 10.3. The number of carbonyl (C=O) groups is 1. The summed E-state index contributed by atoms with van der Waals surface area (Å²) < 4.78 is 4.83. The van der Waals surface area contributed by atoms with E-state index in [0.717, 1.165) is 6.42 Å². The van der Waals surface area contributed by atoms with Crippen molar-refractivity contribution in [3.63, 3.8) is 0 Å². The average molecular weight is 263 g/mol. The average Bonchev–Trinajstić information content (AvgIpc) is 2.92. The zero-order valence-corrected chi connectivity index (χ0v) is 10.7. The van der Waals surface area contributed by atoms with Crippen LogP contribution in [0.15, 0.2) is 29.9 Å². The van der Waals surface area contributed by atoms with Gasteiger partial charge in [0.25, 0.3) is 5.91 Å². The zero-order chi connectivity index (χ0) is 12.8. The first kappa shape index (κ1) is 12.5. The number of hydrogen-bond donors (Lipinski definition) is 1. The van der Waals surface area contributed by atoms with E-state index in [9.17, 15) is 4.79 Å². The molecule has 1 amide bonds. The molecule has 2 aromatic rings. The quantitative estimate of drug-likeness (QED) is 0.888. The summed E-state index contributed by atoms with van der Waals surface area (Å²) in [5.41, 5.74) is 0.432. The fourth-order valence-corrected chi connectivity index (χ4v) is 2.10. The first-order valence-electron chi connectivity index (χ1n) is 5.46. The molecule has 0 aromatic carbocycles. The molecule has 0 aliphatic rings. The highest BCUT2D eigenvalue weighted by atomic mass is 32.1. The van der Waals surface area contributed by atoms with Crippen molar-refractivity contribution in [2.45, 2.75) is 6.42 Å². The second-order valence-corrected chi connectivity index (χ2v) is 4.58. The van der Waals surface area contributed by atoms with E-state index in [0.29, 0.717) is 12.1 Å². The second-order valence-electron chi connectivity index (χ2n) is 3.54. The number of rotatable bonds is 5. The Hall–Kier alpha value is -1.95. The molecule has 0 saturated heterocycles. The van der Waals surface area contributed by atoms with Gasteiger partial charge >= 0.3 is 6.01 Å². The molecule has 2 aromatic heterocycles. The van der Waals surface area contributed by atoms with E-state index in [2.05, 4.69) is 15.3 Å². The van der Waals surface area contributed by atoms with E-state index in [1.165, 1.54) is 24.4 Å². The largest absolute Gasteiger partial charge is 0.467 e. The van der Waals surface area contributed by atoms with Gasteiger partial charge in [0.05, 0.1) is 12.7 Å². The normalized spacial score (nSPS) is 10.1. The number of amides is 1. The van der Waals surface area contributed by atoms with Crippen LogP contribution >= 0.6 is 11.3 Å². The number of hydrogen-bond acceptors (Lipinski definition) is 5. The summed E-state index contributed by atoms with van der Waals surface area (Å²) >= 11 is 1.68. The molecule has 18 heavy (non-hydrogen) atoms. The third-order valence-electron chi connectivity index (χ3n) is 2.31. The zero-order valence-electron chi connectivity index (χ0n) is 9.92. The van der Waals surface area contributed by atoms with Crippen molar-refractivity contribution in [2.75, 3.05) is 13.7 Å². The van der Waals surface area contributed by atoms with Crippen molar-refractivity contribution in [3.8, 4) is 6.01 Å². The molecule has 0 saturated carbocycles. The van der Waals surface area contributed by atoms with Gasteiger partial charge in [-0.3, -0.25) is 4.79 Å². The topological polar surface area (TPSA) is 64.1 Å². The molecule has 0 aliphatic carbocycles. The van der Waals surface area contributed by atoms with Crippen molar-refractivity contribution in [3.05, 3.63) is 40.3 Å². The molecule has 1 N–H and O–H groups in total. The van der Waals surface area contributed by atoms with Gasteiger partial charge in [-0.05, 0) is 17.9 Å². The first-order valence-corrected chi connectivity index (χ1v) is 6.34. The summed E-state index contributed by atoms with van der Waals surface area (Å²) in [6.07, 6.45) is 3.74. The molecule has 94 valence electrons. The SMILES string of the molecule is COc1ncc(C(=O)NCCc2cccs2)cn1. The van der Waals surface area contributed by atoms with E-state index in [4.69, 9.17) is 4.74 Å². The lowest BCUT2D eigenvalue weighted by molar-refractivity contribution is 0.0953. The number of nitrogens with one attached hydrogen (secondary N) is 1. The predicted octanol–water partition coefficient (Wildman–Crippen LogP) is 1.52. The van der Waals surface area contributed by atoms with Crippen LogP contribution in [0.4, 0.5) is 0 Å². The maximum Gasteiger partial charge on any atom is 0.316 e. The fraction of sp³-hybridized carbons (Fsp3) is 0.250. The second kappa shape index (κ2) is 6.11. The molecule has 0 atom stereocenters. The summed E-state index contributed by atoms with van der Waals surface area (Å²) in [7, 11) is 1.48.